The molecule has 1 unspecified atom stereocenters. The van der Waals surface area contributed by atoms with E-state index in [1.165, 1.54) is 0 Å². The fourth-order valence-corrected chi connectivity index (χ4v) is 1.66. The molecule has 20 heavy (non-hydrogen) atoms. The van der Waals surface area contributed by atoms with Crippen LogP contribution in [-0.4, -0.2) is 24.4 Å². The van der Waals surface area contributed by atoms with Crippen molar-refractivity contribution in [1.29, 1.82) is 0 Å². The van der Waals surface area contributed by atoms with Crippen LogP contribution < -0.4 is 10.6 Å². The first-order chi connectivity index (χ1) is 9.58. The van der Waals surface area contributed by atoms with E-state index >= 15 is 0 Å². The lowest BCUT2D eigenvalue weighted by atomic mass is 10.1. The van der Waals surface area contributed by atoms with Gasteiger partial charge in [0.1, 0.15) is 0 Å². The summed E-state index contributed by atoms with van der Waals surface area (Å²) in [5, 5.41) is 5.75. The molecule has 1 rings (SSSR count). The number of carbonyl (C=O) groups is 2. The molecular formula is C16H24N2O2. The van der Waals surface area contributed by atoms with Crippen molar-refractivity contribution in [2.24, 2.45) is 0 Å². The van der Waals surface area contributed by atoms with Gasteiger partial charge in [-0.25, -0.2) is 0 Å². The average molecular weight is 276 g/mol. The number of carbonyl (C=O) groups excluding carboxylic acids is 2. The molecular weight excluding hydrogens is 252 g/mol. The quantitative estimate of drug-likeness (QED) is 0.752. The van der Waals surface area contributed by atoms with Crippen molar-refractivity contribution >= 4 is 11.8 Å². The Morgan fingerprint density at radius 2 is 1.60 bits per heavy atom. The second kappa shape index (κ2) is 8.35. The van der Waals surface area contributed by atoms with E-state index in [0.717, 1.165) is 19.3 Å². The molecule has 110 valence electrons. The lowest BCUT2D eigenvalue weighted by Gasteiger charge is -2.11. The van der Waals surface area contributed by atoms with Gasteiger partial charge in [-0.1, -0.05) is 20.3 Å². The Morgan fingerprint density at radius 3 is 2.10 bits per heavy atom. The lowest BCUT2D eigenvalue weighted by Crippen LogP contribution is -2.32. The molecule has 0 aliphatic rings. The van der Waals surface area contributed by atoms with Crippen LogP contribution in [0.15, 0.2) is 24.3 Å². The number of benzene rings is 1. The van der Waals surface area contributed by atoms with Crippen molar-refractivity contribution in [2.75, 3.05) is 6.54 Å². The van der Waals surface area contributed by atoms with Crippen molar-refractivity contribution in [1.82, 2.24) is 10.6 Å². The second-order valence-corrected chi connectivity index (χ2v) is 4.97. The molecule has 1 aromatic carbocycles. The molecule has 1 aromatic rings. The van der Waals surface area contributed by atoms with E-state index in [1.807, 2.05) is 13.8 Å². The largest absolute Gasteiger partial charge is 0.352 e. The van der Waals surface area contributed by atoms with Crippen molar-refractivity contribution in [3.8, 4) is 0 Å². The Hall–Kier alpha value is -1.84. The van der Waals surface area contributed by atoms with E-state index in [1.54, 1.807) is 24.3 Å². The third-order valence-electron chi connectivity index (χ3n) is 3.22. The summed E-state index contributed by atoms with van der Waals surface area (Å²) in [4.78, 5) is 23.7. The van der Waals surface area contributed by atoms with Crippen LogP contribution in [-0.2, 0) is 0 Å². The smallest absolute Gasteiger partial charge is 0.251 e. The molecule has 0 aliphatic carbocycles. The Labute approximate surface area is 121 Å². The van der Waals surface area contributed by atoms with Crippen LogP contribution >= 0.6 is 0 Å². The van der Waals surface area contributed by atoms with Crippen molar-refractivity contribution in [3.63, 3.8) is 0 Å². The van der Waals surface area contributed by atoms with E-state index in [2.05, 4.69) is 17.6 Å². The average Bonchev–Trinajstić information content (AvgIpc) is 2.47. The first-order valence-electron chi connectivity index (χ1n) is 7.27. The number of rotatable bonds is 7. The van der Waals surface area contributed by atoms with Crippen LogP contribution in [0.3, 0.4) is 0 Å². The highest BCUT2D eigenvalue weighted by atomic mass is 16.2. The summed E-state index contributed by atoms with van der Waals surface area (Å²) >= 11 is 0. The zero-order chi connectivity index (χ0) is 15.0. The zero-order valence-electron chi connectivity index (χ0n) is 12.5. The first-order valence-corrected chi connectivity index (χ1v) is 7.27. The van der Waals surface area contributed by atoms with Gasteiger partial charge in [-0.3, -0.25) is 9.59 Å². The fraction of sp³-hybridized carbons (Fsp3) is 0.500. The number of hydrogen-bond acceptors (Lipinski definition) is 2. The number of nitrogens with one attached hydrogen (secondary N) is 2. The Kier molecular flexibility index (Phi) is 6.77. The summed E-state index contributed by atoms with van der Waals surface area (Å²) in [6.45, 7) is 6.75. The van der Waals surface area contributed by atoms with Gasteiger partial charge in [0.25, 0.3) is 11.8 Å². The van der Waals surface area contributed by atoms with Gasteiger partial charge in [-0.2, -0.15) is 0 Å². The molecule has 4 nitrogen and oxygen atoms in total. The monoisotopic (exact) mass is 276 g/mol. The Morgan fingerprint density at radius 1 is 1.05 bits per heavy atom. The topological polar surface area (TPSA) is 58.2 Å². The number of unbranched alkanes of at least 4 members (excludes halogenated alkanes) is 1. The molecule has 0 fully saturated rings. The maximum absolute atomic E-state index is 11.9. The number of hydrogen-bond donors (Lipinski definition) is 2. The normalized spacial score (nSPS) is 11.8. The molecule has 0 aromatic heterocycles. The molecule has 0 bridgehead atoms. The Balaban J connectivity index is 2.59. The zero-order valence-corrected chi connectivity index (χ0v) is 12.5. The van der Waals surface area contributed by atoms with Crippen LogP contribution in [0.5, 0.6) is 0 Å². The van der Waals surface area contributed by atoms with Crippen LogP contribution in [0.2, 0.25) is 0 Å². The summed E-state index contributed by atoms with van der Waals surface area (Å²) in [5.41, 5.74) is 1.16. The van der Waals surface area contributed by atoms with Gasteiger partial charge in [0.05, 0.1) is 0 Å². The van der Waals surface area contributed by atoms with E-state index in [-0.39, 0.29) is 17.9 Å². The van der Waals surface area contributed by atoms with Crippen molar-refractivity contribution < 1.29 is 9.59 Å². The maximum Gasteiger partial charge on any atom is 0.251 e. The molecule has 2 N–H and O–H groups in total. The minimum absolute atomic E-state index is 0.0904. The molecule has 0 radical (unpaired) electrons. The minimum atomic E-state index is -0.0997. The molecule has 1 atom stereocenters. The number of amides is 2. The SMILES string of the molecule is CCCCNC(=O)c1ccc(C(=O)NC(C)CC)cc1. The van der Waals surface area contributed by atoms with Crippen LogP contribution in [0.25, 0.3) is 0 Å². The van der Waals surface area contributed by atoms with Crippen molar-refractivity contribution in [2.45, 2.75) is 46.1 Å². The van der Waals surface area contributed by atoms with Gasteiger partial charge in [0.15, 0.2) is 0 Å². The fourth-order valence-electron chi connectivity index (χ4n) is 1.66. The summed E-state index contributed by atoms with van der Waals surface area (Å²) in [6, 6.07) is 6.90. The third-order valence-corrected chi connectivity index (χ3v) is 3.22. The highest BCUT2D eigenvalue weighted by Crippen LogP contribution is 2.05. The van der Waals surface area contributed by atoms with Crippen LogP contribution in [0.4, 0.5) is 0 Å². The molecule has 0 saturated heterocycles. The first kappa shape index (κ1) is 16.2. The van der Waals surface area contributed by atoms with Crippen molar-refractivity contribution in [3.05, 3.63) is 35.4 Å². The maximum atomic E-state index is 11.9. The predicted octanol–water partition coefficient (Wildman–Crippen LogP) is 2.74. The molecule has 0 saturated carbocycles. The van der Waals surface area contributed by atoms with Crippen LogP contribution in [0, 0.1) is 0 Å². The van der Waals surface area contributed by atoms with Gasteiger partial charge in [-0.15, -0.1) is 0 Å². The highest BCUT2D eigenvalue weighted by Gasteiger charge is 2.10. The van der Waals surface area contributed by atoms with E-state index in [4.69, 9.17) is 0 Å². The molecule has 2 amide bonds. The molecule has 0 aliphatic heterocycles. The van der Waals surface area contributed by atoms with Crippen LogP contribution in [0.1, 0.15) is 60.7 Å². The second-order valence-electron chi connectivity index (χ2n) is 4.97. The van der Waals surface area contributed by atoms with E-state index in [0.29, 0.717) is 17.7 Å². The predicted molar refractivity (Wildman–Crippen MR) is 80.9 cm³/mol. The standard InChI is InChI=1S/C16H24N2O2/c1-4-6-11-17-15(19)13-7-9-14(10-8-13)16(20)18-12(3)5-2/h7-10,12H,4-6,11H2,1-3H3,(H,17,19)(H,18,20). The summed E-state index contributed by atoms with van der Waals surface area (Å²) < 4.78 is 0. The Bertz CT molecular complexity index is 440. The van der Waals surface area contributed by atoms with E-state index in [9.17, 15) is 9.59 Å². The minimum Gasteiger partial charge on any atom is -0.352 e. The summed E-state index contributed by atoms with van der Waals surface area (Å²) in [7, 11) is 0. The van der Waals surface area contributed by atoms with Gasteiger partial charge in [0, 0.05) is 23.7 Å². The van der Waals surface area contributed by atoms with Gasteiger partial charge in [-0.05, 0) is 44.0 Å². The van der Waals surface area contributed by atoms with Gasteiger partial charge < -0.3 is 10.6 Å². The van der Waals surface area contributed by atoms with Gasteiger partial charge >= 0.3 is 0 Å². The molecule has 0 spiro atoms. The lowest BCUT2D eigenvalue weighted by molar-refractivity contribution is 0.0932. The van der Waals surface area contributed by atoms with Gasteiger partial charge in [0.2, 0.25) is 0 Å². The third kappa shape index (κ3) is 5.03. The summed E-state index contributed by atoms with van der Waals surface area (Å²) in [5.74, 6) is -0.190. The molecule has 4 heteroatoms. The molecule has 0 heterocycles. The van der Waals surface area contributed by atoms with E-state index < -0.39 is 0 Å². The highest BCUT2D eigenvalue weighted by molar-refractivity contribution is 5.97. The summed E-state index contributed by atoms with van der Waals surface area (Å²) in [6.07, 6.45) is 2.92.